The van der Waals surface area contributed by atoms with Crippen LogP contribution >= 0.6 is 11.3 Å². The fourth-order valence-electron chi connectivity index (χ4n) is 4.13. The summed E-state index contributed by atoms with van der Waals surface area (Å²) >= 11 is 1.78. The molecule has 3 aromatic rings. The van der Waals surface area contributed by atoms with Crippen molar-refractivity contribution in [2.24, 2.45) is 0 Å². The predicted molar refractivity (Wildman–Crippen MR) is 112 cm³/mol. The van der Waals surface area contributed by atoms with Gasteiger partial charge in [-0.3, -0.25) is 4.90 Å². The molecule has 0 spiro atoms. The van der Waals surface area contributed by atoms with Crippen LogP contribution in [0.15, 0.2) is 48.8 Å². The maximum absolute atomic E-state index is 9.35. The molecule has 3 heterocycles. The maximum atomic E-state index is 9.35. The molecule has 0 saturated carbocycles. The zero-order valence-electron chi connectivity index (χ0n) is 15.8. The third-order valence-corrected chi connectivity index (χ3v) is 6.63. The van der Waals surface area contributed by atoms with Crippen LogP contribution in [0.4, 0.5) is 0 Å². The van der Waals surface area contributed by atoms with Crippen LogP contribution in [-0.4, -0.2) is 45.3 Å². The first kappa shape index (κ1) is 18.4. The summed E-state index contributed by atoms with van der Waals surface area (Å²) in [7, 11) is 0. The first-order valence-electron chi connectivity index (χ1n) is 9.84. The highest BCUT2D eigenvalue weighted by Gasteiger charge is 2.24. The van der Waals surface area contributed by atoms with Crippen molar-refractivity contribution >= 4 is 11.3 Å². The Bertz CT molecular complexity index is 885. The van der Waals surface area contributed by atoms with E-state index in [1.54, 1.807) is 11.3 Å². The highest BCUT2D eigenvalue weighted by Crippen LogP contribution is 2.36. The summed E-state index contributed by atoms with van der Waals surface area (Å²) in [5, 5.41) is 9.35. The Morgan fingerprint density at radius 1 is 1.19 bits per heavy atom. The van der Waals surface area contributed by atoms with Gasteiger partial charge in [-0.2, -0.15) is 0 Å². The number of likely N-dealkylation sites (N-methyl/N-ethyl adjacent to an activating group) is 1. The number of likely N-dealkylation sites (tertiary alicyclic amines) is 1. The van der Waals surface area contributed by atoms with Gasteiger partial charge in [-0.1, -0.05) is 31.2 Å². The van der Waals surface area contributed by atoms with E-state index in [2.05, 4.69) is 57.9 Å². The number of hydrogen-bond acceptors (Lipinski definition) is 4. The molecule has 1 fully saturated rings. The van der Waals surface area contributed by atoms with Crippen molar-refractivity contribution in [3.63, 3.8) is 0 Å². The largest absolute Gasteiger partial charge is 0.396 e. The van der Waals surface area contributed by atoms with Gasteiger partial charge in [-0.25, -0.2) is 4.98 Å². The number of nitrogens with zero attached hydrogens (tertiary/aromatic N) is 3. The quantitative estimate of drug-likeness (QED) is 0.663. The lowest BCUT2D eigenvalue weighted by molar-refractivity contribution is 0.245. The second-order valence-corrected chi connectivity index (χ2v) is 8.21. The van der Waals surface area contributed by atoms with Crippen molar-refractivity contribution in [2.45, 2.75) is 38.8 Å². The normalized spacial score (nSPS) is 17.6. The van der Waals surface area contributed by atoms with Crippen molar-refractivity contribution in [3.8, 4) is 21.1 Å². The Labute approximate surface area is 165 Å². The molecule has 4 nitrogen and oxygen atoms in total. The minimum atomic E-state index is 0.176. The van der Waals surface area contributed by atoms with Crippen molar-refractivity contribution in [1.29, 1.82) is 0 Å². The van der Waals surface area contributed by atoms with Gasteiger partial charge >= 0.3 is 0 Å². The summed E-state index contributed by atoms with van der Waals surface area (Å²) < 4.78 is 2.31. The van der Waals surface area contributed by atoms with E-state index in [1.807, 2.05) is 12.3 Å². The molecule has 0 amide bonds. The van der Waals surface area contributed by atoms with E-state index in [0.717, 1.165) is 18.9 Å². The van der Waals surface area contributed by atoms with Crippen LogP contribution in [0.5, 0.6) is 0 Å². The molecule has 0 radical (unpaired) electrons. The van der Waals surface area contributed by atoms with Crippen LogP contribution in [0.3, 0.4) is 0 Å². The first-order valence-corrected chi connectivity index (χ1v) is 10.7. The van der Waals surface area contributed by atoms with E-state index in [1.165, 1.54) is 40.3 Å². The lowest BCUT2D eigenvalue weighted by Gasteiger charge is -2.23. The molecular weight excluding hydrogens is 354 g/mol. The minimum Gasteiger partial charge on any atom is -0.396 e. The number of hydrogen-bond donors (Lipinski definition) is 1. The van der Waals surface area contributed by atoms with Crippen LogP contribution in [0.2, 0.25) is 0 Å². The van der Waals surface area contributed by atoms with Crippen LogP contribution in [0, 0.1) is 0 Å². The number of imidazole rings is 1. The molecule has 0 unspecified atom stereocenters. The first-order chi connectivity index (χ1) is 13.3. The Kier molecular flexibility index (Phi) is 5.72. The Balaban J connectivity index is 1.59. The second-order valence-electron chi connectivity index (χ2n) is 7.12. The summed E-state index contributed by atoms with van der Waals surface area (Å²) in [6.07, 6.45) is 7.29. The fraction of sp³-hybridized carbons (Fsp3) is 0.409. The monoisotopic (exact) mass is 381 g/mol. The Hall–Kier alpha value is -1.95. The van der Waals surface area contributed by atoms with Crippen molar-refractivity contribution < 1.29 is 5.11 Å². The number of benzene rings is 1. The third-order valence-electron chi connectivity index (χ3n) is 5.52. The summed E-state index contributed by atoms with van der Waals surface area (Å²) in [6, 6.07) is 13.3. The molecule has 1 saturated heterocycles. The lowest BCUT2D eigenvalue weighted by atomic mass is 10.0. The van der Waals surface area contributed by atoms with Crippen LogP contribution in [-0.2, 0) is 13.0 Å². The average Bonchev–Trinajstić information content (AvgIpc) is 3.43. The number of aliphatic hydroxyl groups excluding tert-OH is 1. The number of thiophene rings is 1. The summed E-state index contributed by atoms with van der Waals surface area (Å²) in [4.78, 5) is 9.68. The van der Waals surface area contributed by atoms with Gasteiger partial charge in [0.1, 0.15) is 5.82 Å². The molecule has 0 aliphatic carbocycles. The predicted octanol–water partition coefficient (Wildman–Crippen LogP) is 4.30. The van der Waals surface area contributed by atoms with E-state index < -0.39 is 0 Å². The zero-order chi connectivity index (χ0) is 18.6. The molecule has 1 aromatic carbocycles. The van der Waals surface area contributed by atoms with E-state index in [-0.39, 0.29) is 6.61 Å². The van der Waals surface area contributed by atoms with E-state index in [9.17, 15) is 5.11 Å². The molecule has 1 N–H and O–H groups in total. The molecule has 1 atom stereocenters. The minimum absolute atomic E-state index is 0.176. The number of aromatic nitrogens is 2. The van der Waals surface area contributed by atoms with Gasteiger partial charge < -0.3 is 9.67 Å². The molecule has 4 rings (SSSR count). The van der Waals surface area contributed by atoms with Gasteiger partial charge in [0.15, 0.2) is 0 Å². The molecule has 142 valence electrons. The molecule has 2 aromatic heterocycles. The van der Waals surface area contributed by atoms with E-state index in [0.29, 0.717) is 12.5 Å². The summed E-state index contributed by atoms with van der Waals surface area (Å²) in [5.74, 6) is 1.06. The van der Waals surface area contributed by atoms with Crippen molar-refractivity contribution in [3.05, 3.63) is 54.4 Å². The lowest BCUT2D eigenvalue weighted by Crippen LogP contribution is -2.32. The highest BCUT2D eigenvalue weighted by molar-refractivity contribution is 7.18. The highest BCUT2D eigenvalue weighted by atomic mass is 32.1. The van der Waals surface area contributed by atoms with Crippen LogP contribution < -0.4 is 0 Å². The van der Waals surface area contributed by atoms with Gasteiger partial charge in [0, 0.05) is 36.5 Å². The van der Waals surface area contributed by atoms with Gasteiger partial charge in [-0.05, 0) is 55.6 Å². The maximum Gasteiger partial charge on any atom is 0.150 e. The number of aliphatic hydroxyl groups is 1. The van der Waals surface area contributed by atoms with Gasteiger partial charge in [-0.15, -0.1) is 11.3 Å². The zero-order valence-corrected chi connectivity index (χ0v) is 16.7. The van der Waals surface area contributed by atoms with E-state index >= 15 is 0 Å². The summed E-state index contributed by atoms with van der Waals surface area (Å²) in [5.41, 5.74) is 2.41. The smallest absolute Gasteiger partial charge is 0.150 e. The fourth-order valence-corrected chi connectivity index (χ4v) is 5.21. The molecule has 5 heteroatoms. The average molecular weight is 382 g/mol. The second kappa shape index (κ2) is 8.38. The third kappa shape index (κ3) is 3.86. The summed E-state index contributed by atoms with van der Waals surface area (Å²) in [6.45, 7) is 5.78. The van der Waals surface area contributed by atoms with Crippen LogP contribution in [0.25, 0.3) is 21.1 Å². The SMILES string of the molecule is CCN1CCC[C@H]1Cn1ccnc1-c1ccc(-c2ccccc2CCO)s1. The van der Waals surface area contributed by atoms with E-state index in [4.69, 9.17) is 0 Å². The van der Waals surface area contributed by atoms with Gasteiger partial charge in [0.25, 0.3) is 0 Å². The molecule has 1 aliphatic heterocycles. The van der Waals surface area contributed by atoms with Crippen molar-refractivity contribution in [2.75, 3.05) is 19.7 Å². The Morgan fingerprint density at radius 2 is 2.04 bits per heavy atom. The van der Waals surface area contributed by atoms with Crippen LogP contribution in [0.1, 0.15) is 25.3 Å². The van der Waals surface area contributed by atoms with Gasteiger partial charge in [0.05, 0.1) is 4.88 Å². The molecule has 27 heavy (non-hydrogen) atoms. The molecule has 1 aliphatic rings. The standard InChI is InChI=1S/C22H27N3OS/c1-2-24-13-5-7-18(24)16-25-14-12-23-22(25)21-10-9-20(27-21)19-8-4-3-6-17(19)11-15-26/h3-4,6,8-10,12,14,18,26H,2,5,7,11,13,15-16H2,1H3/t18-/m0/s1. The molecule has 0 bridgehead atoms. The Morgan fingerprint density at radius 3 is 2.89 bits per heavy atom. The topological polar surface area (TPSA) is 41.3 Å². The molecular formula is C22H27N3OS. The van der Waals surface area contributed by atoms with Gasteiger partial charge in [0.2, 0.25) is 0 Å². The number of rotatable bonds is 7. The van der Waals surface area contributed by atoms with Crippen molar-refractivity contribution in [1.82, 2.24) is 14.5 Å².